The summed E-state index contributed by atoms with van der Waals surface area (Å²) in [7, 11) is 0. The van der Waals surface area contributed by atoms with Gasteiger partial charge in [-0.2, -0.15) is 10.2 Å². The number of thiophene rings is 1. The molecule has 1 aliphatic rings. The number of nitrogens with zero attached hydrogens (tertiary/aromatic N) is 10. The molecule has 0 radical (unpaired) electrons. The van der Waals surface area contributed by atoms with Crippen molar-refractivity contribution in [2.45, 2.75) is 555 Å². The Morgan fingerprint density at radius 1 is 0.301 bits per heavy atom. The summed E-state index contributed by atoms with van der Waals surface area (Å²) in [6.07, 6.45) is 22.6. The Morgan fingerprint density at radius 2 is 0.755 bits per heavy atom. The standard InChI is InChI=1S/C9H13N.C8H12N2.C8H13N.C8H12O.C8H12S.2C7H12N2.C7H11NO.C7H11NS.C7H11N.2C6H10N2.12C2H6.12CH4/c1-7(2)9-5-4-6-10-8(9)3;1-6(2)8-7(3)9-4-5-10-8;3*1-6(2)8-4-5-9-7(8)3;1-5(2)7-6(3)8-4-9-7;1-5(2)7-4-8-9-6(7)3;2*1-5(2)7-6(3)9-4-8-7;1-6(2)7-4-3-5-8-7;1-5(2)6-7-3-4-8-6;1-5(2)6-3-4-7-8-6;12*1-2;;;;;;;;;;;;/h4-7H,1-3H3;4-6H,1-3H3;5-6H,4H2,1-3H3;2*4-6H,1-3H3;2*4-5H,1-3H3,(H,8,9);2*4-5H,1-3H3;3-6,8H,1-2H3;2*3-5H,1-2H3,(H,7,8);12*1-2H3;12*1H4. The number of aromatic amines is 5. The number of rotatable bonds is 12. The second kappa shape index (κ2) is 136. The minimum absolute atomic E-state index is 0. The molecule has 12 rings (SSSR count). The minimum atomic E-state index is 0. The van der Waals surface area contributed by atoms with Crippen molar-refractivity contribution >= 4 is 28.9 Å². The molecule has 854 valence electrons. The summed E-state index contributed by atoms with van der Waals surface area (Å²) >= 11 is 3.55. The Hall–Kier alpha value is -8.42. The van der Waals surface area contributed by atoms with Crippen molar-refractivity contribution in [2.75, 3.05) is 0 Å². The largest absolute Gasteiger partial charge is 0.469 e. The lowest BCUT2D eigenvalue weighted by Gasteiger charge is -2.06. The second-order valence-electron chi connectivity index (χ2n) is 30.1. The summed E-state index contributed by atoms with van der Waals surface area (Å²) in [5.74, 6) is 9.96. The molecule has 0 unspecified atom stereocenters. The zero-order valence-electron chi connectivity index (χ0n) is 95.9. The Kier molecular flexibility index (Phi) is 186. The van der Waals surface area contributed by atoms with Crippen LogP contribution >= 0.6 is 22.7 Å². The number of furan rings is 1. The third-order valence-electron chi connectivity index (χ3n) is 17.0. The van der Waals surface area contributed by atoms with E-state index in [2.05, 4.69) is 293 Å². The maximum Gasteiger partial charge on any atom is 0.181 e. The lowest BCUT2D eigenvalue weighted by atomic mass is 10.0. The number of nitrogens with one attached hydrogen (secondary N) is 5. The van der Waals surface area contributed by atoms with Gasteiger partial charge in [-0.25, -0.2) is 19.9 Å². The van der Waals surface area contributed by atoms with Crippen molar-refractivity contribution in [3.05, 3.63) is 239 Å². The Morgan fingerprint density at radius 3 is 0.951 bits per heavy atom. The van der Waals surface area contributed by atoms with Crippen LogP contribution in [0.3, 0.4) is 0 Å². The van der Waals surface area contributed by atoms with Gasteiger partial charge >= 0.3 is 0 Å². The highest BCUT2D eigenvalue weighted by Gasteiger charge is 2.12. The van der Waals surface area contributed by atoms with E-state index in [1.54, 1.807) is 48.7 Å². The van der Waals surface area contributed by atoms with E-state index in [9.17, 15) is 0 Å². The number of H-pyrrole nitrogens is 5. The van der Waals surface area contributed by atoms with Crippen LogP contribution in [0.25, 0.3) is 0 Å². The molecule has 12 heterocycles. The minimum Gasteiger partial charge on any atom is -0.469 e. The molecule has 0 saturated carbocycles. The van der Waals surface area contributed by atoms with E-state index < -0.39 is 0 Å². The van der Waals surface area contributed by atoms with Crippen LogP contribution in [0.15, 0.2) is 147 Å². The van der Waals surface area contributed by atoms with Crippen molar-refractivity contribution in [1.29, 1.82) is 0 Å². The zero-order valence-corrected chi connectivity index (χ0v) is 97.5. The van der Waals surface area contributed by atoms with Gasteiger partial charge in [0.25, 0.3) is 0 Å². The number of aryl methyl sites for hydroxylation is 8. The molecule has 11 aromatic heterocycles. The molecular weight excluding hydrogens is 1800 g/mol. The molecule has 1 aliphatic heterocycles. The van der Waals surface area contributed by atoms with Crippen LogP contribution in [0, 0.1) is 61.3 Å². The van der Waals surface area contributed by atoms with Crippen molar-refractivity contribution in [3.63, 3.8) is 0 Å². The monoisotopic (exact) mass is 2060 g/mol. The van der Waals surface area contributed by atoms with E-state index in [0.717, 1.165) is 46.5 Å². The van der Waals surface area contributed by atoms with E-state index >= 15 is 0 Å². The zero-order chi connectivity index (χ0) is 105. The fourth-order valence-electron chi connectivity index (χ4n) is 10.8. The third kappa shape index (κ3) is 99.3. The molecule has 0 aromatic carbocycles. The summed E-state index contributed by atoms with van der Waals surface area (Å²) in [4.78, 5) is 45.3. The number of imidazole rings is 2. The van der Waals surface area contributed by atoms with Gasteiger partial charge in [-0.1, -0.05) is 428 Å². The first-order chi connectivity index (χ1) is 62.4. The summed E-state index contributed by atoms with van der Waals surface area (Å²) in [6.45, 7) is 118. The van der Waals surface area contributed by atoms with Crippen LogP contribution in [0.1, 0.15) is 606 Å². The molecule has 0 aliphatic carbocycles. The molecule has 5 N–H and O–H groups in total. The van der Waals surface area contributed by atoms with Crippen LogP contribution in [0.2, 0.25) is 0 Å². The normalized spacial score (nSPS) is 8.87. The van der Waals surface area contributed by atoms with Gasteiger partial charge in [0.1, 0.15) is 17.3 Å². The smallest absolute Gasteiger partial charge is 0.181 e. The molecule has 0 fully saturated rings. The highest BCUT2D eigenvalue weighted by Crippen LogP contribution is 2.26. The lowest BCUT2D eigenvalue weighted by Crippen LogP contribution is -1.97. The lowest BCUT2D eigenvalue weighted by molar-refractivity contribution is 0.522. The summed E-state index contributed by atoms with van der Waals surface area (Å²) < 4.78 is 10.1. The summed E-state index contributed by atoms with van der Waals surface area (Å²) in [6, 6.07) is 14.5. The van der Waals surface area contributed by atoms with E-state index in [1.807, 2.05) is 273 Å². The van der Waals surface area contributed by atoms with E-state index in [4.69, 9.17) is 8.83 Å². The number of hydrogen-bond acceptors (Lipinski definition) is 14. The molecule has 0 amide bonds. The number of pyridine rings is 1. The topological polar surface area (TPSA) is 234 Å². The third-order valence-corrected chi connectivity index (χ3v) is 18.6. The summed E-state index contributed by atoms with van der Waals surface area (Å²) in [5, 5.41) is 15.7. The highest BCUT2D eigenvalue weighted by atomic mass is 32.1. The van der Waals surface area contributed by atoms with Gasteiger partial charge in [-0.3, -0.25) is 30.1 Å². The fourth-order valence-corrected chi connectivity index (χ4v) is 12.4. The number of allylic oxidation sites excluding steroid dienone is 2. The van der Waals surface area contributed by atoms with Crippen molar-refractivity contribution in [2.24, 2.45) is 10.9 Å². The van der Waals surface area contributed by atoms with E-state index in [0.29, 0.717) is 71.0 Å². The molecule has 11 aromatic rings. The highest BCUT2D eigenvalue weighted by molar-refractivity contribution is 7.10. The average molecular weight is 2060 g/mol. The first kappa shape index (κ1) is 196. The molecular formula is C124H259N15O2S2. The van der Waals surface area contributed by atoms with Gasteiger partial charge < -0.3 is 23.8 Å². The molecule has 17 nitrogen and oxygen atoms in total. The molecule has 19 heteroatoms. The Balaban J connectivity index is -0.0000000478. The van der Waals surface area contributed by atoms with Gasteiger partial charge in [-0.05, 0) is 197 Å². The molecule has 143 heavy (non-hydrogen) atoms. The number of thiazole rings is 1. The predicted octanol–water partition coefficient (Wildman–Crippen LogP) is 46.2. The van der Waals surface area contributed by atoms with Crippen LogP contribution in [-0.4, -0.2) is 76.4 Å². The quantitative estimate of drug-likeness (QED) is 0.0772. The number of aromatic nitrogens is 14. The van der Waals surface area contributed by atoms with Crippen LogP contribution in [0.5, 0.6) is 0 Å². The number of hydrogen-bond donors (Lipinski definition) is 5. The van der Waals surface area contributed by atoms with Crippen LogP contribution in [-0.2, 0) is 0 Å². The Bertz CT molecular complexity index is 3550. The summed E-state index contributed by atoms with van der Waals surface area (Å²) in [5.41, 5.74) is 21.8. The fraction of sp³-hybridized carbons (Fsp3) is 0.661. The maximum atomic E-state index is 5.13. The van der Waals surface area contributed by atoms with Gasteiger partial charge in [0.15, 0.2) is 6.39 Å². The van der Waals surface area contributed by atoms with Crippen LogP contribution < -0.4 is 0 Å². The molecule has 0 bridgehead atoms. The first-order valence-corrected chi connectivity index (χ1v) is 52.0. The number of aliphatic imine (C=N–C) groups is 1. The maximum absolute atomic E-state index is 5.13. The van der Waals surface area contributed by atoms with Crippen molar-refractivity contribution < 1.29 is 8.83 Å². The molecule has 0 spiro atoms. The van der Waals surface area contributed by atoms with Crippen LogP contribution in [0.4, 0.5) is 0 Å². The second-order valence-corrected chi connectivity index (χ2v) is 32.3. The SMILES string of the molecule is C.C.C.C.C.C.C.C.C.C.C.C.CC.CC.CC.CC.CC.CC.CC.CC.CC.CC.CC.CC.CC(C)c1ccc[nH]1.CC(C)c1ccn[nH]1.CC(C)c1ncc[nH]1.CC1=C(C(C)C)CC=N1.Cc1[nH]cnc1C(C)C.Cc1[nH]ncc1C(C)C.Cc1ncccc1C(C)C.Cc1nccnc1C(C)C.Cc1occc1C(C)C.Cc1ocnc1C(C)C.Cc1sccc1C(C)C.Cc1scnc1C(C)C. The van der Waals surface area contributed by atoms with Gasteiger partial charge in [0.2, 0.25) is 0 Å². The molecule has 0 saturated heterocycles. The number of oxazole rings is 1. The first-order valence-electron chi connectivity index (χ1n) is 50.3. The molecule has 0 atom stereocenters. The van der Waals surface area contributed by atoms with E-state index in [1.165, 1.54) is 83.8 Å². The van der Waals surface area contributed by atoms with E-state index in [-0.39, 0.29) is 89.1 Å². The average Bonchev–Trinajstić information content (AvgIpc) is 1.49. The van der Waals surface area contributed by atoms with Crippen molar-refractivity contribution in [1.82, 2.24) is 70.2 Å². The van der Waals surface area contributed by atoms with Crippen molar-refractivity contribution in [3.8, 4) is 0 Å². The van der Waals surface area contributed by atoms with Gasteiger partial charge in [-0.15, -0.1) is 22.7 Å². The Labute approximate surface area is 907 Å². The van der Waals surface area contributed by atoms with Gasteiger partial charge in [0, 0.05) is 106 Å². The van der Waals surface area contributed by atoms with Gasteiger partial charge in [0.05, 0.1) is 52.8 Å². The predicted molar refractivity (Wildman–Crippen MR) is 674 cm³/mol.